The highest BCUT2D eigenvalue weighted by molar-refractivity contribution is 14.2. The molecule has 1 aromatic heterocycles. The number of thiazole rings is 1. The van der Waals surface area contributed by atoms with Crippen LogP contribution < -0.4 is 9.88 Å². The molecule has 0 unspecified atom stereocenters. The molecule has 8 heteroatoms. The first kappa shape index (κ1) is 16.8. The zero-order valence-electron chi connectivity index (χ0n) is 10.8. The maximum absolute atomic E-state index is 11.0. The second kappa shape index (κ2) is 7.61. The van der Waals surface area contributed by atoms with Gasteiger partial charge in [-0.05, 0) is 12.2 Å². The molecule has 0 saturated heterocycles. The van der Waals surface area contributed by atoms with Gasteiger partial charge >= 0.3 is 5.97 Å². The molecule has 0 radical (unpaired) electrons. The number of carboxylic acid groups (broad SMARTS) is 1. The molecule has 1 aromatic rings. The van der Waals surface area contributed by atoms with Gasteiger partial charge < -0.3 is 5.11 Å². The Morgan fingerprint density at radius 1 is 1.57 bits per heavy atom. The molecular weight excluding hydrogens is 439 g/mol. The Kier molecular flexibility index (Phi) is 6.08. The Morgan fingerprint density at radius 3 is 2.90 bits per heavy atom. The standard InChI is InChI=1S/C13H11IN2O2S3/c1-3-4-8-10(5-7(2)21-14)20-12(15-8)11-16-9(6-19-11)13(17)18/h3-5,9H,1-2,6H2,(H,17,18)/b8-4+,10-5+/t9-/m1/s1. The predicted octanol–water partition coefficient (Wildman–Crippen LogP) is 2.43. The first-order valence-corrected chi connectivity index (χ1v) is 10.9. The number of carbonyl (C=O) groups is 1. The molecule has 1 atom stereocenters. The van der Waals surface area contributed by atoms with Crippen LogP contribution >= 0.6 is 53.2 Å². The summed E-state index contributed by atoms with van der Waals surface area (Å²) in [5.41, 5.74) is 0. The van der Waals surface area contributed by atoms with Gasteiger partial charge in [0, 0.05) is 31.9 Å². The van der Waals surface area contributed by atoms with Crippen molar-refractivity contribution in [2.24, 2.45) is 4.99 Å². The van der Waals surface area contributed by atoms with Crippen LogP contribution in [0.1, 0.15) is 5.01 Å². The van der Waals surface area contributed by atoms with Crippen molar-refractivity contribution >= 4 is 76.4 Å². The lowest BCUT2D eigenvalue weighted by molar-refractivity contribution is -0.137. The molecule has 0 amide bonds. The average molecular weight is 450 g/mol. The average Bonchev–Trinajstić information content (AvgIpc) is 3.06. The number of nitrogens with zero attached hydrogens (tertiary/aromatic N) is 2. The Bertz CT molecular complexity index is 739. The van der Waals surface area contributed by atoms with Gasteiger partial charge in [0.2, 0.25) is 0 Å². The van der Waals surface area contributed by atoms with E-state index in [9.17, 15) is 4.79 Å². The number of aliphatic imine (C=N–C) groups is 1. The van der Waals surface area contributed by atoms with Gasteiger partial charge in [0.05, 0.1) is 9.88 Å². The molecule has 2 heterocycles. The fraction of sp³-hybridized carbons (Fsp3) is 0.154. The summed E-state index contributed by atoms with van der Waals surface area (Å²) in [6.45, 7) is 7.63. The fourth-order valence-electron chi connectivity index (χ4n) is 1.56. The number of hydrogen-bond acceptors (Lipinski definition) is 6. The largest absolute Gasteiger partial charge is 0.480 e. The van der Waals surface area contributed by atoms with E-state index in [0.717, 1.165) is 19.8 Å². The molecular formula is C13H11IN2O2S3. The van der Waals surface area contributed by atoms with E-state index in [4.69, 9.17) is 5.11 Å². The van der Waals surface area contributed by atoms with Gasteiger partial charge in [-0.2, -0.15) is 0 Å². The van der Waals surface area contributed by atoms with Crippen molar-refractivity contribution in [2.45, 2.75) is 6.04 Å². The molecule has 0 bridgehead atoms. The summed E-state index contributed by atoms with van der Waals surface area (Å²) in [5, 5.41) is 11.2. The Balaban J connectivity index is 2.46. The quantitative estimate of drug-likeness (QED) is 0.699. The van der Waals surface area contributed by atoms with Crippen LogP contribution in [0.2, 0.25) is 0 Å². The van der Waals surface area contributed by atoms with Crippen molar-refractivity contribution < 1.29 is 9.90 Å². The van der Waals surface area contributed by atoms with Gasteiger partial charge in [-0.15, -0.1) is 23.1 Å². The summed E-state index contributed by atoms with van der Waals surface area (Å²) in [5.74, 6) is -0.437. The Hall–Kier alpha value is -0.580. The van der Waals surface area contributed by atoms with E-state index >= 15 is 0 Å². The van der Waals surface area contributed by atoms with E-state index in [0.29, 0.717) is 10.8 Å². The summed E-state index contributed by atoms with van der Waals surface area (Å²) >= 11 is 5.09. The van der Waals surface area contributed by atoms with Gasteiger partial charge in [-0.3, -0.25) is 4.99 Å². The zero-order valence-corrected chi connectivity index (χ0v) is 15.4. The normalized spacial score (nSPS) is 19.7. The molecule has 110 valence electrons. The lowest BCUT2D eigenvalue weighted by Crippen LogP contribution is -2.20. The van der Waals surface area contributed by atoms with Crippen LogP contribution in [0.25, 0.3) is 12.2 Å². The molecule has 21 heavy (non-hydrogen) atoms. The third-order valence-corrected chi connectivity index (χ3v) is 6.69. The first-order chi connectivity index (χ1) is 10.0. The van der Waals surface area contributed by atoms with E-state index in [-0.39, 0.29) is 0 Å². The third kappa shape index (κ3) is 4.21. The Morgan fingerprint density at radius 2 is 2.33 bits per heavy atom. The number of allylic oxidation sites excluding steroid dienone is 2. The maximum Gasteiger partial charge on any atom is 0.329 e. The van der Waals surface area contributed by atoms with E-state index < -0.39 is 12.0 Å². The van der Waals surface area contributed by atoms with Gasteiger partial charge in [0.1, 0.15) is 10.1 Å². The molecule has 1 N–H and O–H groups in total. The minimum atomic E-state index is -0.895. The van der Waals surface area contributed by atoms with Gasteiger partial charge in [-0.1, -0.05) is 28.2 Å². The van der Waals surface area contributed by atoms with Crippen molar-refractivity contribution in [3.8, 4) is 0 Å². The minimum Gasteiger partial charge on any atom is -0.480 e. The van der Waals surface area contributed by atoms with E-state index in [1.54, 1.807) is 6.08 Å². The zero-order chi connectivity index (χ0) is 15.4. The number of rotatable bonds is 5. The second-order valence-corrected chi connectivity index (χ2v) is 8.00. The van der Waals surface area contributed by atoms with Crippen LogP contribution in [0.4, 0.5) is 0 Å². The smallest absolute Gasteiger partial charge is 0.329 e. The van der Waals surface area contributed by atoms with Crippen molar-refractivity contribution in [3.05, 3.63) is 39.0 Å². The van der Waals surface area contributed by atoms with Crippen LogP contribution in [0, 0.1) is 0 Å². The molecule has 0 saturated carbocycles. The van der Waals surface area contributed by atoms with Gasteiger partial charge in [0.15, 0.2) is 6.04 Å². The van der Waals surface area contributed by atoms with Gasteiger partial charge in [-0.25, -0.2) is 9.78 Å². The number of aliphatic carboxylic acids is 1. The topological polar surface area (TPSA) is 62.5 Å². The van der Waals surface area contributed by atoms with E-state index in [1.807, 2.05) is 12.2 Å². The van der Waals surface area contributed by atoms with Crippen LogP contribution in [-0.2, 0) is 4.79 Å². The van der Waals surface area contributed by atoms with E-state index in [2.05, 4.69) is 44.3 Å². The second-order valence-electron chi connectivity index (χ2n) is 3.96. The fourth-order valence-corrected chi connectivity index (χ4v) is 4.29. The molecule has 0 aromatic carbocycles. The highest BCUT2D eigenvalue weighted by Gasteiger charge is 2.26. The molecule has 1 aliphatic rings. The van der Waals surface area contributed by atoms with E-state index in [1.165, 1.54) is 32.0 Å². The van der Waals surface area contributed by atoms with Crippen molar-refractivity contribution in [1.82, 2.24) is 4.98 Å². The number of thioether (sulfide) groups is 1. The van der Waals surface area contributed by atoms with Crippen LogP contribution in [0.3, 0.4) is 0 Å². The van der Waals surface area contributed by atoms with Crippen molar-refractivity contribution in [2.75, 3.05) is 5.75 Å². The van der Waals surface area contributed by atoms with Crippen LogP contribution in [-0.4, -0.2) is 32.9 Å². The maximum atomic E-state index is 11.0. The SMILES string of the molecule is C=C/C=c1/nc(C2=N[C@@H](C(=O)O)CS2)s/c1=C/C(=C)SI. The van der Waals surface area contributed by atoms with Crippen molar-refractivity contribution in [3.63, 3.8) is 0 Å². The third-order valence-electron chi connectivity index (χ3n) is 2.47. The Labute approximate surface area is 146 Å². The van der Waals surface area contributed by atoms with Crippen LogP contribution in [0.15, 0.2) is 29.1 Å². The summed E-state index contributed by atoms with van der Waals surface area (Å²) < 4.78 is 0.973. The molecule has 0 spiro atoms. The number of aromatic nitrogens is 1. The first-order valence-electron chi connectivity index (χ1n) is 5.77. The number of halogens is 1. The minimum absolute atomic E-state index is 0.458. The summed E-state index contributed by atoms with van der Waals surface area (Å²) in [6, 6.07) is -0.673. The van der Waals surface area contributed by atoms with Gasteiger partial charge in [0.25, 0.3) is 0 Å². The molecule has 2 rings (SSSR count). The summed E-state index contributed by atoms with van der Waals surface area (Å²) in [7, 11) is 1.54. The van der Waals surface area contributed by atoms with Crippen LogP contribution in [0.5, 0.6) is 0 Å². The molecule has 0 fully saturated rings. The van der Waals surface area contributed by atoms with Crippen molar-refractivity contribution in [1.29, 1.82) is 0 Å². The summed E-state index contributed by atoms with van der Waals surface area (Å²) in [4.78, 5) is 20.6. The number of hydrogen-bond donors (Lipinski definition) is 1. The molecule has 1 aliphatic heterocycles. The predicted molar refractivity (Wildman–Crippen MR) is 102 cm³/mol. The lowest BCUT2D eigenvalue weighted by atomic mass is 10.4. The highest BCUT2D eigenvalue weighted by atomic mass is 127. The highest BCUT2D eigenvalue weighted by Crippen LogP contribution is 2.24. The molecule has 0 aliphatic carbocycles. The lowest BCUT2D eigenvalue weighted by Gasteiger charge is -1.93. The number of carboxylic acids is 1. The summed E-state index contributed by atoms with van der Waals surface area (Å²) in [6.07, 6.45) is 5.47. The molecule has 4 nitrogen and oxygen atoms in total. The monoisotopic (exact) mass is 450 g/mol.